The van der Waals surface area contributed by atoms with Gasteiger partial charge in [-0.1, -0.05) is 12.1 Å². The van der Waals surface area contributed by atoms with Crippen LogP contribution in [0.5, 0.6) is 0 Å². The summed E-state index contributed by atoms with van der Waals surface area (Å²) in [5.74, 6) is -0.326. The second-order valence-corrected chi connectivity index (χ2v) is 3.17. The molecule has 0 bridgehead atoms. The second kappa shape index (κ2) is 5.69. The molecule has 88 valence electrons. The van der Waals surface area contributed by atoms with Crippen molar-refractivity contribution in [2.24, 2.45) is 10.9 Å². The molecule has 0 unspecified atom stereocenters. The van der Waals surface area contributed by atoms with Gasteiger partial charge in [0.15, 0.2) is 11.5 Å². The second-order valence-electron chi connectivity index (χ2n) is 3.17. The molecular formula is C8H14N6O2. The zero-order valence-corrected chi connectivity index (χ0v) is 8.92. The number of hydrogen-bond donors (Lipinski definition) is 3. The first-order valence-electron chi connectivity index (χ1n) is 4.80. The van der Waals surface area contributed by atoms with Crippen molar-refractivity contribution in [3.8, 4) is 0 Å². The smallest absolute Gasteiger partial charge is 0.276 e. The predicted molar refractivity (Wildman–Crippen MR) is 56.0 cm³/mol. The van der Waals surface area contributed by atoms with Gasteiger partial charge in [-0.15, -0.1) is 0 Å². The van der Waals surface area contributed by atoms with E-state index in [0.29, 0.717) is 6.54 Å². The summed E-state index contributed by atoms with van der Waals surface area (Å²) in [5, 5.41) is 20.9. The Morgan fingerprint density at radius 1 is 1.75 bits per heavy atom. The Balaban J connectivity index is 2.73. The van der Waals surface area contributed by atoms with Crippen LogP contribution in [-0.2, 0) is 0 Å². The van der Waals surface area contributed by atoms with Crippen LogP contribution >= 0.6 is 0 Å². The van der Waals surface area contributed by atoms with Crippen LogP contribution in [0, 0.1) is 0 Å². The van der Waals surface area contributed by atoms with Crippen molar-refractivity contribution >= 4 is 11.7 Å². The number of aromatic nitrogens is 3. The third-order valence-corrected chi connectivity index (χ3v) is 1.90. The van der Waals surface area contributed by atoms with Gasteiger partial charge in [-0.3, -0.25) is 4.79 Å². The first kappa shape index (κ1) is 12.0. The zero-order chi connectivity index (χ0) is 12.0. The molecule has 0 saturated heterocycles. The molecule has 1 heterocycles. The lowest BCUT2D eigenvalue weighted by Crippen LogP contribution is -2.39. The van der Waals surface area contributed by atoms with Crippen molar-refractivity contribution < 1.29 is 10.0 Å². The normalized spacial score (nSPS) is 11.4. The van der Waals surface area contributed by atoms with Gasteiger partial charge >= 0.3 is 0 Å². The maximum absolute atomic E-state index is 11.9. The van der Waals surface area contributed by atoms with Gasteiger partial charge in [0.2, 0.25) is 0 Å². The molecule has 0 saturated carbocycles. The molecule has 0 atom stereocenters. The van der Waals surface area contributed by atoms with Gasteiger partial charge in [0.1, 0.15) is 0 Å². The molecule has 0 radical (unpaired) electrons. The van der Waals surface area contributed by atoms with E-state index in [1.807, 2.05) is 6.92 Å². The topological polar surface area (TPSA) is 120 Å². The Hall–Kier alpha value is -2.12. The van der Waals surface area contributed by atoms with Crippen molar-refractivity contribution in [2.75, 3.05) is 13.1 Å². The largest absolute Gasteiger partial charge is 0.409 e. The Kier molecular flexibility index (Phi) is 4.25. The molecule has 0 fully saturated rings. The number of carbonyl (C=O) groups is 1. The van der Waals surface area contributed by atoms with Gasteiger partial charge < -0.3 is 15.8 Å². The molecule has 1 rings (SSSR count). The molecule has 0 aliphatic rings. The van der Waals surface area contributed by atoms with E-state index in [1.54, 1.807) is 0 Å². The van der Waals surface area contributed by atoms with E-state index in [0.717, 1.165) is 6.42 Å². The van der Waals surface area contributed by atoms with E-state index in [9.17, 15) is 4.79 Å². The van der Waals surface area contributed by atoms with Crippen LogP contribution in [0.3, 0.4) is 0 Å². The van der Waals surface area contributed by atoms with Gasteiger partial charge in [0.25, 0.3) is 5.91 Å². The summed E-state index contributed by atoms with van der Waals surface area (Å²) in [4.78, 5) is 13.3. The third kappa shape index (κ3) is 2.94. The Morgan fingerprint density at radius 2 is 2.50 bits per heavy atom. The van der Waals surface area contributed by atoms with Gasteiger partial charge in [-0.05, 0) is 6.42 Å². The van der Waals surface area contributed by atoms with Gasteiger partial charge in [-0.25, -0.2) is 0 Å². The van der Waals surface area contributed by atoms with Crippen LogP contribution < -0.4 is 5.73 Å². The van der Waals surface area contributed by atoms with Crippen LogP contribution in [0.25, 0.3) is 0 Å². The zero-order valence-electron chi connectivity index (χ0n) is 8.92. The predicted octanol–water partition coefficient (Wildman–Crippen LogP) is -0.597. The van der Waals surface area contributed by atoms with Crippen LogP contribution in [0.1, 0.15) is 23.8 Å². The summed E-state index contributed by atoms with van der Waals surface area (Å²) in [6.45, 7) is 2.49. The fraction of sp³-hybridized carbons (Fsp3) is 0.500. The first-order chi connectivity index (χ1) is 7.69. The lowest BCUT2D eigenvalue weighted by atomic mass is 10.3. The number of nitrogens with zero attached hydrogens (tertiary/aromatic N) is 4. The van der Waals surface area contributed by atoms with Crippen LogP contribution in [0.15, 0.2) is 11.4 Å². The molecule has 0 aliphatic heterocycles. The van der Waals surface area contributed by atoms with Gasteiger partial charge in [-0.2, -0.15) is 15.4 Å². The molecule has 0 spiro atoms. The van der Waals surface area contributed by atoms with Crippen molar-refractivity contribution in [1.29, 1.82) is 0 Å². The third-order valence-electron chi connectivity index (χ3n) is 1.90. The molecule has 1 aromatic rings. The van der Waals surface area contributed by atoms with Gasteiger partial charge in [0, 0.05) is 6.54 Å². The summed E-state index contributed by atoms with van der Waals surface area (Å²) in [7, 11) is 0. The summed E-state index contributed by atoms with van der Waals surface area (Å²) in [6, 6.07) is 0. The number of amidine groups is 1. The van der Waals surface area contributed by atoms with Crippen LogP contribution in [0.2, 0.25) is 0 Å². The molecule has 1 amide bonds. The van der Waals surface area contributed by atoms with Crippen LogP contribution in [0.4, 0.5) is 0 Å². The number of amides is 1. The van der Waals surface area contributed by atoms with Crippen LogP contribution in [-0.4, -0.2) is 50.4 Å². The number of nitrogens with one attached hydrogen (secondary N) is 1. The van der Waals surface area contributed by atoms with Gasteiger partial charge in [0.05, 0.1) is 12.7 Å². The molecular weight excluding hydrogens is 212 g/mol. The quantitative estimate of drug-likeness (QED) is 0.268. The fourth-order valence-corrected chi connectivity index (χ4v) is 1.22. The molecule has 0 aliphatic carbocycles. The highest BCUT2D eigenvalue weighted by atomic mass is 16.4. The van der Waals surface area contributed by atoms with Crippen molar-refractivity contribution in [2.45, 2.75) is 13.3 Å². The number of rotatable bonds is 5. The highest BCUT2D eigenvalue weighted by Gasteiger charge is 2.18. The molecule has 16 heavy (non-hydrogen) atoms. The Morgan fingerprint density at radius 3 is 3.00 bits per heavy atom. The van der Waals surface area contributed by atoms with E-state index in [-0.39, 0.29) is 24.0 Å². The summed E-state index contributed by atoms with van der Waals surface area (Å²) < 4.78 is 0. The fourth-order valence-electron chi connectivity index (χ4n) is 1.22. The number of oxime groups is 1. The molecule has 4 N–H and O–H groups in total. The minimum atomic E-state index is -0.304. The standard InChI is InChI=1S/C8H14N6O2/c1-2-3-14(5-7(9)12-16)8(15)6-4-10-13-11-6/h4,16H,2-3,5H2,1H3,(H2,9,12)(H,10,11,13). The summed E-state index contributed by atoms with van der Waals surface area (Å²) in [6.07, 6.45) is 2.10. The lowest BCUT2D eigenvalue weighted by Gasteiger charge is -2.19. The van der Waals surface area contributed by atoms with E-state index >= 15 is 0 Å². The number of carbonyl (C=O) groups excluding carboxylic acids is 1. The van der Waals surface area contributed by atoms with Crippen molar-refractivity contribution in [1.82, 2.24) is 20.3 Å². The minimum Gasteiger partial charge on any atom is -0.409 e. The summed E-state index contributed by atoms with van der Waals surface area (Å²) in [5.41, 5.74) is 5.57. The number of nitrogens with two attached hydrogens (primary N) is 1. The first-order valence-corrected chi connectivity index (χ1v) is 4.80. The van der Waals surface area contributed by atoms with Crippen molar-refractivity contribution in [3.05, 3.63) is 11.9 Å². The molecule has 0 aromatic carbocycles. The van der Waals surface area contributed by atoms with E-state index in [4.69, 9.17) is 10.9 Å². The Bertz CT molecular complexity index is 361. The molecule has 8 heteroatoms. The van der Waals surface area contributed by atoms with Crippen molar-refractivity contribution in [3.63, 3.8) is 0 Å². The highest BCUT2D eigenvalue weighted by molar-refractivity contribution is 5.95. The SMILES string of the molecule is CCCN(CC(N)=NO)C(=O)c1cn[nH]n1. The minimum absolute atomic E-state index is 0.0229. The number of hydrogen-bond acceptors (Lipinski definition) is 5. The maximum atomic E-state index is 11.9. The molecule has 1 aromatic heterocycles. The summed E-state index contributed by atoms with van der Waals surface area (Å²) >= 11 is 0. The monoisotopic (exact) mass is 226 g/mol. The van der Waals surface area contributed by atoms with E-state index < -0.39 is 0 Å². The average molecular weight is 226 g/mol. The lowest BCUT2D eigenvalue weighted by molar-refractivity contribution is 0.0772. The number of aromatic amines is 1. The highest BCUT2D eigenvalue weighted by Crippen LogP contribution is 2.00. The van der Waals surface area contributed by atoms with E-state index in [1.165, 1.54) is 11.1 Å². The Labute approximate surface area is 92.1 Å². The van der Waals surface area contributed by atoms with E-state index in [2.05, 4.69) is 20.6 Å². The average Bonchev–Trinajstić information content (AvgIpc) is 2.80. The molecule has 8 nitrogen and oxygen atoms in total. The maximum Gasteiger partial charge on any atom is 0.276 e. The number of H-pyrrole nitrogens is 1.